The van der Waals surface area contributed by atoms with Gasteiger partial charge in [-0.3, -0.25) is 4.90 Å². The Morgan fingerprint density at radius 3 is 2.55 bits per heavy atom. The first kappa shape index (κ1) is 23.1. The number of aromatic nitrogens is 1. The fourth-order valence-electron chi connectivity index (χ4n) is 4.25. The van der Waals surface area contributed by atoms with Gasteiger partial charge in [-0.1, -0.05) is 30.3 Å². The highest BCUT2D eigenvalue weighted by Crippen LogP contribution is 2.46. The molecule has 1 aromatic heterocycles. The molecule has 1 aromatic carbocycles. The number of carbonyl (C=O) groups excluding carboxylic acids is 1. The lowest BCUT2D eigenvalue weighted by molar-refractivity contribution is 0.0914. The van der Waals surface area contributed by atoms with E-state index in [4.69, 9.17) is 14.2 Å². The van der Waals surface area contributed by atoms with Crippen LogP contribution in [0, 0.1) is 0 Å². The Morgan fingerprint density at radius 2 is 1.88 bits per heavy atom. The molecule has 8 heteroatoms. The Morgan fingerprint density at radius 1 is 1.15 bits per heavy atom. The second kappa shape index (κ2) is 10.2. The molecule has 3 heterocycles. The topological polar surface area (TPSA) is 76.2 Å². The maximum atomic E-state index is 12.3. The Bertz CT molecular complexity index is 1000. The molecular weight excluding hydrogens is 420 g/mol. The van der Waals surface area contributed by atoms with Crippen molar-refractivity contribution in [2.45, 2.75) is 25.9 Å². The van der Waals surface area contributed by atoms with E-state index in [1.165, 1.54) is 7.11 Å². The van der Waals surface area contributed by atoms with Crippen molar-refractivity contribution in [3.8, 4) is 5.88 Å². The van der Waals surface area contributed by atoms with E-state index >= 15 is 0 Å². The van der Waals surface area contributed by atoms with Crippen LogP contribution in [-0.4, -0.2) is 73.9 Å². The second-order valence-electron chi connectivity index (χ2n) is 8.69. The van der Waals surface area contributed by atoms with Gasteiger partial charge >= 0.3 is 6.16 Å². The lowest BCUT2D eigenvalue weighted by Gasteiger charge is -2.36. The van der Waals surface area contributed by atoms with Gasteiger partial charge in [0.25, 0.3) is 0 Å². The molecule has 176 valence electrons. The molecule has 0 spiro atoms. The number of carbonyl (C=O) groups is 1. The Hall–Kier alpha value is -3.10. The fourth-order valence-corrected chi connectivity index (χ4v) is 4.25. The standard InChI is InChI=1S/C25H32N4O4/c1-17(2)32-24-22-19(10-11-26-24)27-20(16-29-14-12-28(3)13-15-29)23(33-25(30)31-4)21(22)18-8-6-5-7-9-18/h5-11,17,21,27H,12-16H2,1-4H3. The zero-order chi connectivity index (χ0) is 23.4. The van der Waals surface area contributed by atoms with E-state index in [9.17, 15) is 4.79 Å². The van der Waals surface area contributed by atoms with Crippen LogP contribution >= 0.6 is 0 Å². The predicted molar refractivity (Wildman–Crippen MR) is 126 cm³/mol. The Kier molecular flexibility index (Phi) is 7.15. The summed E-state index contributed by atoms with van der Waals surface area (Å²) in [5.41, 5.74) is 3.57. The molecule has 1 unspecified atom stereocenters. The molecule has 1 fully saturated rings. The summed E-state index contributed by atoms with van der Waals surface area (Å²) in [4.78, 5) is 21.5. The maximum absolute atomic E-state index is 12.3. The van der Waals surface area contributed by atoms with Crippen molar-refractivity contribution in [1.29, 1.82) is 0 Å². The zero-order valence-electron chi connectivity index (χ0n) is 19.7. The average Bonchev–Trinajstić information content (AvgIpc) is 2.81. The minimum atomic E-state index is -0.748. The third-order valence-corrected chi connectivity index (χ3v) is 5.91. The molecule has 0 radical (unpaired) electrons. The molecule has 2 aliphatic heterocycles. The number of rotatable bonds is 6. The van der Waals surface area contributed by atoms with E-state index in [0.717, 1.165) is 48.7 Å². The maximum Gasteiger partial charge on any atom is 0.513 e. The number of fused-ring (bicyclic) bond motifs is 1. The van der Waals surface area contributed by atoms with Crippen molar-refractivity contribution in [3.05, 3.63) is 65.2 Å². The highest BCUT2D eigenvalue weighted by Gasteiger charge is 2.36. The van der Waals surface area contributed by atoms with Gasteiger partial charge in [-0.15, -0.1) is 0 Å². The van der Waals surface area contributed by atoms with E-state index in [1.54, 1.807) is 6.20 Å². The molecule has 4 rings (SSSR count). The minimum absolute atomic E-state index is 0.0545. The third kappa shape index (κ3) is 5.29. The summed E-state index contributed by atoms with van der Waals surface area (Å²) < 4.78 is 16.8. The average molecular weight is 453 g/mol. The molecule has 0 saturated carbocycles. The van der Waals surface area contributed by atoms with Gasteiger partial charge in [0.15, 0.2) is 0 Å². The number of ether oxygens (including phenoxy) is 3. The largest absolute Gasteiger partial charge is 0.513 e. The number of nitrogens with zero attached hydrogens (tertiary/aromatic N) is 3. The van der Waals surface area contributed by atoms with Crippen molar-refractivity contribution in [1.82, 2.24) is 14.8 Å². The van der Waals surface area contributed by atoms with Crippen LogP contribution in [0.5, 0.6) is 5.88 Å². The first-order valence-electron chi connectivity index (χ1n) is 11.3. The fraction of sp³-hybridized carbons (Fsp3) is 0.440. The van der Waals surface area contributed by atoms with Crippen LogP contribution in [0.25, 0.3) is 0 Å². The molecule has 2 aromatic rings. The van der Waals surface area contributed by atoms with E-state index in [2.05, 4.69) is 27.1 Å². The molecule has 8 nitrogen and oxygen atoms in total. The van der Waals surface area contributed by atoms with Crippen molar-refractivity contribution in [2.75, 3.05) is 52.2 Å². The summed E-state index contributed by atoms with van der Waals surface area (Å²) in [6, 6.07) is 11.9. The third-order valence-electron chi connectivity index (χ3n) is 5.91. The summed E-state index contributed by atoms with van der Waals surface area (Å²) in [5, 5.41) is 3.52. The number of methoxy groups -OCH3 is 1. The summed E-state index contributed by atoms with van der Waals surface area (Å²) in [6.45, 7) is 8.43. The summed E-state index contributed by atoms with van der Waals surface area (Å²) in [7, 11) is 3.45. The molecule has 33 heavy (non-hydrogen) atoms. The van der Waals surface area contributed by atoms with Gasteiger partial charge in [0, 0.05) is 44.6 Å². The smallest absolute Gasteiger partial charge is 0.475 e. The van der Waals surface area contributed by atoms with Gasteiger partial charge in [-0.05, 0) is 32.5 Å². The predicted octanol–water partition coefficient (Wildman–Crippen LogP) is 3.67. The van der Waals surface area contributed by atoms with Gasteiger partial charge < -0.3 is 24.4 Å². The second-order valence-corrected chi connectivity index (χ2v) is 8.69. The van der Waals surface area contributed by atoms with Crippen molar-refractivity contribution in [2.24, 2.45) is 0 Å². The Labute approximate surface area is 195 Å². The number of pyridine rings is 1. The quantitative estimate of drug-likeness (QED) is 0.666. The van der Waals surface area contributed by atoms with Gasteiger partial charge in [0.1, 0.15) is 5.76 Å². The molecule has 1 saturated heterocycles. The van der Waals surface area contributed by atoms with E-state index in [1.807, 2.05) is 50.2 Å². The molecule has 1 atom stereocenters. The van der Waals surface area contributed by atoms with Crippen LogP contribution in [0.15, 0.2) is 54.1 Å². The molecule has 2 aliphatic rings. The Balaban J connectivity index is 1.82. The zero-order valence-corrected chi connectivity index (χ0v) is 19.7. The number of anilines is 1. The van der Waals surface area contributed by atoms with Crippen LogP contribution in [0.3, 0.4) is 0 Å². The number of nitrogens with one attached hydrogen (secondary N) is 1. The number of likely N-dealkylation sites (N-methyl/N-ethyl adjacent to an activating group) is 1. The van der Waals surface area contributed by atoms with Crippen LogP contribution in [0.1, 0.15) is 30.9 Å². The SMILES string of the molecule is COC(=O)OC1=C(CN2CCN(C)CC2)Nc2ccnc(OC(C)C)c2C1c1ccccc1. The van der Waals surface area contributed by atoms with Crippen LogP contribution < -0.4 is 10.1 Å². The van der Waals surface area contributed by atoms with E-state index in [-0.39, 0.29) is 12.0 Å². The highest BCUT2D eigenvalue weighted by molar-refractivity contribution is 5.70. The highest BCUT2D eigenvalue weighted by atomic mass is 16.7. The molecule has 0 bridgehead atoms. The lowest BCUT2D eigenvalue weighted by atomic mass is 9.85. The van der Waals surface area contributed by atoms with E-state index in [0.29, 0.717) is 18.2 Å². The minimum Gasteiger partial charge on any atom is -0.475 e. The number of hydrogen-bond donors (Lipinski definition) is 1. The van der Waals surface area contributed by atoms with Crippen molar-refractivity contribution >= 4 is 11.8 Å². The number of benzene rings is 1. The first-order chi connectivity index (χ1) is 16.0. The van der Waals surface area contributed by atoms with Crippen LogP contribution in [-0.2, 0) is 9.47 Å². The van der Waals surface area contributed by atoms with Crippen LogP contribution in [0.4, 0.5) is 10.5 Å². The van der Waals surface area contributed by atoms with Crippen LogP contribution in [0.2, 0.25) is 0 Å². The van der Waals surface area contributed by atoms with Gasteiger partial charge in [0.05, 0.1) is 30.4 Å². The normalized spacial score (nSPS) is 19.1. The summed E-state index contributed by atoms with van der Waals surface area (Å²) in [6.07, 6.45) is 0.939. The van der Waals surface area contributed by atoms with Gasteiger partial charge in [-0.25, -0.2) is 9.78 Å². The van der Waals surface area contributed by atoms with Gasteiger partial charge in [-0.2, -0.15) is 0 Å². The van der Waals surface area contributed by atoms with Crippen molar-refractivity contribution < 1.29 is 19.0 Å². The summed E-state index contributed by atoms with van der Waals surface area (Å²) >= 11 is 0. The van der Waals surface area contributed by atoms with E-state index < -0.39 is 6.16 Å². The number of hydrogen-bond acceptors (Lipinski definition) is 8. The molecular formula is C25H32N4O4. The molecule has 0 amide bonds. The molecule has 1 N–H and O–H groups in total. The monoisotopic (exact) mass is 452 g/mol. The number of piperazine rings is 1. The van der Waals surface area contributed by atoms with Crippen molar-refractivity contribution in [3.63, 3.8) is 0 Å². The number of allylic oxidation sites excluding steroid dienone is 1. The molecule has 0 aliphatic carbocycles. The first-order valence-corrected chi connectivity index (χ1v) is 11.3. The lowest BCUT2D eigenvalue weighted by Crippen LogP contribution is -2.46. The van der Waals surface area contributed by atoms with Gasteiger partial charge in [0.2, 0.25) is 5.88 Å². The summed E-state index contributed by atoms with van der Waals surface area (Å²) in [5.74, 6) is 0.668.